The zero-order valence-electron chi connectivity index (χ0n) is 25.8. The van der Waals surface area contributed by atoms with Crippen molar-refractivity contribution >= 4 is 63.5 Å². The highest BCUT2D eigenvalue weighted by atomic mass is 35.5. The summed E-state index contributed by atoms with van der Waals surface area (Å²) in [6, 6.07) is -0.0743. The van der Waals surface area contributed by atoms with Crippen molar-refractivity contribution in [2.24, 2.45) is 22.7 Å². The standard InChI is InChI=1S/C32H42Cl2N6O3S/c1-5-21-11-15-39(14-10-18(21)2)22-7-6-8-24(35-13-9-22)27-29(31(42)43)44-32(38-27)40-16-12-23(19(3)17-40)37-30(41)28-26(34)25(33)20(4)36-28/h8-9,13,18-19,21,23,36H,5-7,10-12,14-17H2,1-4H3,(H,37,41)(H,42,43)/b22-9?,24-8-,35-13?. The Kier molecular flexibility index (Phi) is 10.4. The second kappa shape index (κ2) is 14.1. The van der Waals surface area contributed by atoms with E-state index in [4.69, 9.17) is 33.2 Å². The van der Waals surface area contributed by atoms with Gasteiger partial charge in [-0.15, -0.1) is 0 Å². The Morgan fingerprint density at radius 3 is 2.55 bits per heavy atom. The second-order valence-corrected chi connectivity index (χ2v) is 14.0. The lowest BCUT2D eigenvalue weighted by Crippen LogP contribution is -2.50. The molecule has 3 aliphatic heterocycles. The summed E-state index contributed by atoms with van der Waals surface area (Å²) in [6.07, 6.45) is 11.9. The number of rotatable bonds is 7. The largest absolute Gasteiger partial charge is 0.477 e. The number of carbonyl (C=O) groups excluding carboxylic acids is 1. The van der Waals surface area contributed by atoms with Crippen LogP contribution in [0.2, 0.25) is 10.0 Å². The summed E-state index contributed by atoms with van der Waals surface area (Å²) in [5.41, 5.74) is 3.22. The number of carboxylic acids is 1. The fourth-order valence-corrected chi connectivity index (χ4v) is 7.95. The van der Waals surface area contributed by atoms with Crippen molar-refractivity contribution in [3.8, 4) is 0 Å². The predicted octanol–water partition coefficient (Wildman–Crippen LogP) is 7.28. The van der Waals surface area contributed by atoms with Gasteiger partial charge in [-0.3, -0.25) is 9.79 Å². The number of nitrogens with zero attached hydrogens (tertiary/aromatic N) is 4. The number of aromatic nitrogens is 2. The van der Waals surface area contributed by atoms with Crippen molar-refractivity contribution in [2.75, 3.05) is 31.1 Å². The van der Waals surface area contributed by atoms with E-state index in [9.17, 15) is 14.7 Å². The summed E-state index contributed by atoms with van der Waals surface area (Å²) in [4.78, 5) is 42.5. The first-order valence-corrected chi connectivity index (χ1v) is 17.2. The zero-order chi connectivity index (χ0) is 31.5. The average Bonchev–Trinajstić information content (AvgIpc) is 3.47. The number of halogens is 2. The van der Waals surface area contributed by atoms with E-state index >= 15 is 0 Å². The van der Waals surface area contributed by atoms with Gasteiger partial charge in [0.25, 0.3) is 5.91 Å². The van der Waals surface area contributed by atoms with Gasteiger partial charge in [0, 0.05) is 49.8 Å². The molecule has 12 heteroatoms. The Bertz CT molecular complexity index is 1480. The molecule has 9 nitrogen and oxygen atoms in total. The van der Waals surface area contributed by atoms with Crippen LogP contribution in [0, 0.1) is 24.7 Å². The molecule has 2 saturated heterocycles. The van der Waals surface area contributed by atoms with E-state index < -0.39 is 5.97 Å². The quantitative estimate of drug-likeness (QED) is 0.288. The summed E-state index contributed by atoms with van der Waals surface area (Å²) >= 11 is 13.6. The monoisotopic (exact) mass is 660 g/mol. The van der Waals surface area contributed by atoms with Crippen LogP contribution < -0.4 is 10.2 Å². The molecule has 0 radical (unpaired) electrons. The number of nitrogens with one attached hydrogen (secondary N) is 2. The number of amides is 1. The van der Waals surface area contributed by atoms with Gasteiger partial charge in [-0.25, -0.2) is 9.78 Å². The lowest BCUT2D eigenvalue weighted by Gasteiger charge is -2.37. The van der Waals surface area contributed by atoms with Crippen LogP contribution in [0.4, 0.5) is 5.13 Å². The molecule has 5 rings (SSSR count). The van der Waals surface area contributed by atoms with Crippen LogP contribution in [-0.2, 0) is 0 Å². The van der Waals surface area contributed by atoms with Crippen molar-refractivity contribution in [2.45, 2.75) is 72.3 Å². The number of aliphatic imine (C=N–C) groups is 1. The number of piperidine rings is 1. The van der Waals surface area contributed by atoms with Crippen LogP contribution in [0.1, 0.15) is 90.8 Å². The molecule has 3 aliphatic rings. The van der Waals surface area contributed by atoms with E-state index in [1.807, 2.05) is 6.08 Å². The molecule has 5 heterocycles. The smallest absolute Gasteiger partial charge is 0.348 e. The molecule has 0 saturated carbocycles. The number of allylic oxidation sites excluding steroid dienone is 3. The number of aromatic carboxylic acids is 1. The molecule has 4 atom stereocenters. The van der Waals surface area contributed by atoms with Crippen LogP contribution in [0.3, 0.4) is 0 Å². The minimum absolute atomic E-state index is 0.0743. The summed E-state index contributed by atoms with van der Waals surface area (Å²) in [5, 5.41) is 14.4. The van der Waals surface area contributed by atoms with Crippen molar-refractivity contribution in [1.29, 1.82) is 0 Å². The molecule has 2 aromatic heterocycles. The molecule has 2 fully saturated rings. The number of aromatic amines is 1. The van der Waals surface area contributed by atoms with Gasteiger partial charge in [0.15, 0.2) is 5.13 Å². The molecule has 1 amide bonds. The van der Waals surface area contributed by atoms with Crippen LogP contribution >= 0.6 is 34.5 Å². The van der Waals surface area contributed by atoms with Crippen molar-refractivity contribution < 1.29 is 14.7 Å². The minimum Gasteiger partial charge on any atom is -0.477 e. The zero-order valence-corrected chi connectivity index (χ0v) is 28.2. The third kappa shape index (κ3) is 7.02. The third-order valence-corrected chi connectivity index (χ3v) is 11.5. The Morgan fingerprint density at radius 2 is 1.86 bits per heavy atom. The molecule has 4 unspecified atom stereocenters. The van der Waals surface area contributed by atoms with Crippen LogP contribution in [0.5, 0.6) is 0 Å². The van der Waals surface area contributed by atoms with Crippen molar-refractivity contribution in [3.05, 3.63) is 49.9 Å². The summed E-state index contributed by atoms with van der Waals surface area (Å²) in [7, 11) is 0. The molecule has 238 valence electrons. The molecular formula is C32H42Cl2N6O3S. The third-order valence-electron chi connectivity index (χ3n) is 9.40. The number of thiazole rings is 1. The number of aryl methyl sites for hydroxylation is 1. The van der Waals surface area contributed by atoms with Crippen molar-refractivity contribution in [3.63, 3.8) is 0 Å². The molecule has 2 aromatic rings. The lowest BCUT2D eigenvalue weighted by molar-refractivity contribution is 0.0701. The van der Waals surface area contributed by atoms with E-state index in [0.29, 0.717) is 46.7 Å². The van der Waals surface area contributed by atoms with Crippen LogP contribution in [-0.4, -0.2) is 70.3 Å². The molecular weight excluding hydrogens is 619 g/mol. The first kappa shape index (κ1) is 32.6. The molecule has 0 aromatic carbocycles. The fraction of sp³-hybridized carbons (Fsp3) is 0.562. The number of anilines is 1. The van der Waals surface area contributed by atoms with Gasteiger partial charge in [0.2, 0.25) is 0 Å². The number of hydrogen-bond donors (Lipinski definition) is 3. The van der Waals surface area contributed by atoms with Crippen LogP contribution in [0.15, 0.2) is 22.8 Å². The molecule has 0 aliphatic carbocycles. The lowest BCUT2D eigenvalue weighted by atomic mass is 9.88. The highest BCUT2D eigenvalue weighted by Gasteiger charge is 2.32. The van der Waals surface area contributed by atoms with E-state index in [1.54, 1.807) is 13.1 Å². The topological polar surface area (TPSA) is 114 Å². The van der Waals surface area contributed by atoms with E-state index in [1.165, 1.54) is 36.3 Å². The van der Waals surface area contributed by atoms with Gasteiger partial charge in [-0.05, 0) is 62.9 Å². The van der Waals surface area contributed by atoms with Gasteiger partial charge in [-0.2, -0.15) is 0 Å². The van der Waals surface area contributed by atoms with Crippen molar-refractivity contribution in [1.82, 2.24) is 20.2 Å². The fourth-order valence-electron chi connectivity index (χ4n) is 6.59. The van der Waals surface area contributed by atoms with E-state index in [-0.39, 0.29) is 33.5 Å². The highest BCUT2D eigenvalue weighted by molar-refractivity contribution is 7.17. The first-order valence-electron chi connectivity index (χ1n) is 15.6. The van der Waals surface area contributed by atoms with E-state index in [0.717, 1.165) is 37.8 Å². The summed E-state index contributed by atoms with van der Waals surface area (Å²) < 4.78 is 0. The van der Waals surface area contributed by atoms with Gasteiger partial charge in [0.1, 0.15) is 16.3 Å². The second-order valence-electron chi connectivity index (χ2n) is 12.3. The molecule has 44 heavy (non-hydrogen) atoms. The predicted molar refractivity (Wildman–Crippen MR) is 179 cm³/mol. The van der Waals surface area contributed by atoms with Gasteiger partial charge < -0.3 is 25.2 Å². The Balaban J connectivity index is 1.26. The molecule has 0 spiro atoms. The molecule has 3 N–H and O–H groups in total. The normalized spacial score (nSPS) is 25.9. The Morgan fingerprint density at radius 1 is 1.11 bits per heavy atom. The maximum Gasteiger partial charge on any atom is 0.348 e. The summed E-state index contributed by atoms with van der Waals surface area (Å²) in [5.74, 6) is 0.321. The number of carbonyl (C=O) groups is 2. The van der Waals surface area contributed by atoms with Crippen LogP contribution in [0.25, 0.3) is 5.70 Å². The minimum atomic E-state index is -1.01. The maximum atomic E-state index is 12.9. The highest BCUT2D eigenvalue weighted by Crippen LogP contribution is 2.35. The molecule has 0 bridgehead atoms. The van der Waals surface area contributed by atoms with Gasteiger partial charge in [-0.1, -0.05) is 67.8 Å². The maximum absolute atomic E-state index is 12.9. The first-order chi connectivity index (χ1) is 21.1. The van der Waals surface area contributed by atoms with Gasteiger partial charge >= 0.3 is 5.97 Å². The number of likely N-dealkylation sites (tertiary alicyclic amines) is 1. The average molecular weight is 662 g/mol. The number of hydrogen-bond acceptors (Lipinski definition) is 7. The summed E-state index contributed by atoms with van der Waals surface area (Å²) in [6.45, 7) is 11.9. The van der Waals surface area contributed by atoms with E-state index in [2.05, 4.69) is 46.9 Å². The van der Waals surface area contributed by atoms with Gasteiger partial charge in [0.05, 0.1) is 15.7 Å². The SMILES string of the molecule is CCC1CCN(C2=CC=N/C(c3nc(N4CCC(NC(=O)c5[nH]c(C)c(Cl)c5Cl)C(C)C4)sc3C(=O)O)=C\CC2)CCC1C. The Hall–Kier alpha value is -2.82. The number of H-pyrrole nitrogens is 1. The number of carboxylic acid groups (broad SMARTS) is 1. The Labute approximate surface area is 273 Å².